The molecule has 0 heterocycles. The number of aliphatic hydroxyl groups is 1. The predicted octanol–water partition coefficient (Wildman–Crippen LogP) is 3.85. The van der Waals surface area contributed by atoms with Gasteiger partial charge in [-0.1, -0.05) is 41.4 Å². The number of rotatable bonds is 4. The van der Waals surface area contributed by atoms with Crippen LogP contribution >= 0.6 is 23.2 Å². The van der Waals surface area contributed by atoms with Crippen molar-refractivity contribution in [3.63, 3.8) is 0 Å². The van der Waals surface area contributed by atoms with Crippen molar-refractivity contribution in [2.24, 2.45) is 0 Å². The Morgan fingerprint density at radius 1 is 1.10 bits per heavy atom. The van der Waals surface area contributed by atoms with Gasteiger partial charge in [-0.15, -0.1) is 0 Å². The van der Waals surface area contributed by atoms with Gasteiger partial charge in [0.05, 0.1) is 26.7 Å². The van der Waals surface area contributed by atoms with Gasteiger partial charge in [0.15, 0.2) is 0 Å². The fourth-order valence-corrected chi connectivity index (χ4v) is 3.49. The highest BCUT2D eigenvalue weighted by Gasteiger charge is 2.18. The molecule has 0 aliphatic rings. The van der Waals surface area contributed by atoms with E-state index in [1.54, 1.807) is 25.1 Å². The number of halogens is 2. The molecule has 21 heavy (non-hydrogen) atoms. The number of hydrogen-bond acceptors (Lipinski definition) is 3. The molecule has 2 rings (SSSR count). The summed E-state index contributed by atoms with van der Waals surface area (Å²) in [6, 6.07) is 10.7. The highest BCUT2D eigenvalue weighted by Crippen LogP contribution is 2.32. The normalized spacial score (nSPS) is 13.0. The molecule has 0 spiro atoms. The average Bonchev–Trinajstić information content (AvgIpc) is 2.43. The summed E-state index contributed by atoms with van der Waals surface area (Å²) in [6.45, 7) is 1.56. The van der Waals surface area contributed by atoms with Gasteiger partial charge in [-0.25, -0.2) is 8.42 Å². The third-order valence-corrected chi connectivity index (χ3v) is 4.83. The summed E-state index contributed by atoms with van der Waals surface area (Å²) in [5.74, 6) is 0. The van der Waals surface area contributed by atoms with Gasteiger partial charge in [-0.2, -0.15) is 0 Å². The molecule has 1 atom stereocenters. The van der Waals surface area contributed by atoms with Gasteiger partial charge in [0, 0.05) is 0 Å². The second-order valence-electron chi connectivity index (χ2n) is 4.45. The molecule has 0 aliphatic heterocycles. The van der Waals surface area contributed by atoms with Gasteiger partial charge in [0.1, 0.15) is 0 Å². The minimum absolute atomic E-state index is 0.0249. The predicted molar refractivity (Wildman–Crippen MR) is 84.3 cm³/mol. The zero-order valence-corrected chi connectivity index (χ0v) is 13.4. The minimum atomic E-state index is -3.84. The van der Waals surface area contributed by atoms with Crippen LogP contribution in [0.3, 0.4) is 0 Å². The van der Waals surface area contributed by atoms with E-state index in [1.165, 1.54) is 24.3 Å². The molecule has 2 aromatic rings. The van der Waals surface area contributed by atoms with Crippen LogP contribution in [0.1, 0.15) is 18.6 Å². The Morgan fingerprint density at radius 3 is 2.24 bits per heavy atom. The van der Waals surface area contributed by atoms with Crippen molar-refractivity contribution in [2.45, 2.75) is 17.9 Å². The van der Waals surface area contributed by atoms with Gasteiger partial charge in [-0.3, -0.25) is 4.72 Å². The molecule has 7 heteroatoms. The van der Waals surface area contributed by atoms with Crippen LogP contribution in [0.25, 0.3) is 0 Å². The van der Waals surface area contributed by atoms with Crippen LogP contribution in [-0.4, -0.2) is 13.5 Å². The Balaban J connectivity index is 2.41. The Labute approximate surface area is 133 Å². The molecule has 0 saturated carbocycles. The maximum Gasteiger partial charge on any atom is 0.261 e. The van der Waals surface area contributed by atoms with Crippen molar-refractivity contribution in [3.05, 3.63) is 58.1 Å². The van der Waals surface area contributed by atoms with E-state index >= 15 is 0 Å². The molecule has 4 nitrogen and oxygen atoms in total. The van der Waals surface area contributed by atoms with Crippen LogP contribution in [-0.2, 0) is 10.0 Å². The summed E-state index contributed by atoms with van der Waals surface area (Å²) in [5, 5.41) is 9.95. The zero-order chi connectivity index (χ0) is 15.6. The molecule has 0 radical (unpaired) electrons. The molecule has 112 valence electrons. The van der Waals surface area contributed by atoms with Gasteiger partial charge >= 0.3 is 0 Å². The van der Waals surface area contributed by atoms with E-state index in [9.17, 15) is 13.5 Å². The molecule has 0 bridgehead atoms. The smallest absolute Gasteiger partial charge is 0.261 e. The van der Waals surface area contributed by atoms with E-state index < -0.39 is 16.1 Å². The van der Waals surface area contributed by atoms with Gasteiger partial charge in [-0.05, 0) is 36.8 Å². The fraction of sp³-hybridized carbons (Fsp3) is 0.143. The van der Waals surface area contributed by atoms with Crippen molar-refractivity contribution in [1.82, 2.24) is 0 Å². The van der Waals surface area contributed by atoms with Crippen LogP contribution in [0.5, 0.6) is 0 Å². The number of aliphatic hydroxyl groups excluding tert-OH is 1. The number of nitrogens with one attached hydrogen (secondary N) is 1. The lowest BCUT2D eigenvalue weighted by Gasteiger charge is -2.12. The first kappa shape index (κ1) is 16.1. The van der Waals surface area contributed by atoms with E-state index in [0.29, 0.717) is 5.56 Å². The topological polar surface area (TPSA) is 66.4 Å². The van der Waals surface area contributed by atoms with Crippen molar-refractivity contribution in [3.8, 4) is 0 Å². The van der Waals surface area contributed by atoms with Crippen LogP contribution in [0.15, 0.2) is 47.4 Å². The molecule has 1 unspecified atom stereocenters. The molecule has 2 aromatic carbocycles. The number of benzene rings is 2. The number of hydrogen-bond donors (Lipinski definition) is 2. The molecular formula is C14H13Cl2NO3S. The second kappa shape index (κ2) is 6.23. The minimum Gasteiger partial charge on any atom is -0.389 e. The third kappa shape index (κ3) is 3.68. The molecule has 0 amide bonds. The summed E-state index contributed by atoms with van der Waals surface area (Å²) >= 11 is 11.9. The summed E-state index contributed by atoms with van der Waals surface area (Å²) in [7, 11) is -3.84. The fourth-order valence-electron chi connectivity index (χ4n) is 1.73. The Kier molecular flexibility index (Phi) is 4.78. The SMILES string of the molecule is CC(O)c1cccc(S(=O)(=O)Nc2c(Cl)cccc2Cl)c1. The summed E-state index contributed by atoms with van der Waals surface area (Å²) in [4.78, 5) is 0.0249. The molecular weight excluding hydrogens is 333 g/mol. The number of anilines is 1. The van der Waals surface area contributed by atoms with Gasteiger partial charge in [0.2, 0.25) is 0 Å². The van der Waals surface area contributed by atoms with Crippen molar-refractivity contribution in [2.75, 3.05) is 4.72 Å². The van der Waals surface area contributed by atoms with Gasteiger partial charge in [0.25, 0.3) is 10.0 Å². The monoisotopic (exact) mass is 345 g/mol. The average molecular weight is 346 g/mol. The molecule has 0 saturated heterocycles. The highest BCUT2D eigenvalue weighted by molar-refractivity contribution is 7.92. The zero-order valence-electron chi connectivity index (χ0n) is 11.0. The largest absolute Gasteiger partial charge is 0.389 e. The first-order valence-electron chi connectivity index (χ1n) is 6.06. The van der Waals surface area contributed by atoms with E-state index in [0.717, 1.165) is 0 Å². The summed E-state index contributed by atoms with van der Waals surface area (Å²) in [6.07, 6.45) is -0.760. The number of para-hydroxylation sites is 1. The first-order chi connectivity index (χ1) is 9.81. The van der Waals surface area contributed by atoms with Gasteiger partial charge < -0.3 is 5.11 Å². The standard InChI is InChI=1S/C14H13Cl2NO3S/c1-9(18)10-4-2-5-11(8-10)21(19,20)17-14-12(15)6-3-7-13(14)16/h2-9,17-18H,1H3. The molecule has 0 fully saturated rings. The van der Waals surface area contributed by atoms with E-state index in [-0.39, 0.29) is 20.6 Å². The van der Waals surface area contributed by atoms with Crippen molar-refractivity contribution in [1.29, 1.82) is 0 Å². The maximum absolute atomic E-state index is 12.4. The molecule has 0 aliphatic carbocycles. The lowest BCUT2D eigenvalue weighted by Crippen LogP contribution is -2.14. The highest BCUT2D eigenvalue weighted by atomic mass is 35.5. The Morgan fingerprint density at radius 2 is 1.67 bits per heavy atom. The van der Waals surface area contributed by atoms with Crippen LogP contribution in [0.4, 0.5) is 5.69 Å². The summed E-state index contributed by atoms with van der Waals surface area (Å²) in [5.41, 5.74) is 0.631. The molecule has 0 aromatic heterocycles. The van der Waals surface area contributed by atoms with E-state index in [1.807, 2.05) is 0 Å². The van der Waals surface area contributed by atoms with Crippen LogP contribution < -0.4 is 4.72 Å². The van der Waals surface area contributed by atoms with E-state index in [2.05, 4.69) is 4.72 Å². The lowest BCUT2D eigenvalue weighted by atomic mass is 10.1. The Hall–Kier alpha value is -1.27. The Bertz CT molecular complexity index is 740. The van der Waals surface area contributed by atoms with Crippen molar-refractivity contribution < 1.29 is 13.5 Å². The van der Waals surface area contributed by atoms with Crippen LogP contribution in [0.2, 0.25) is 10.0 Å². The lowest BCUT2D eigenvalue weighted by molar-refractivity contribution is 0.199. The third-order valence-electron chi connectivity index (χ3n) is 2.85. The number of sulfonamides is 1. The summed E-state index contributed by atoms with van der Waals surface area (Å²) < 4.78 is 27.1. The van der Waals surface area contributed by atoms with Crippen LogP contribution in [0, 0.1) is 0 Å². The van der Waals surface area contributed by atoms with E-state index in [4.69, 9.17) is 23.2 Å². The quantitative estimate of drug-likeness (QED) is 0.884. The molecule has 2 N–H and O–H groups in total. The second-order valence-corrected chi connectivity index (χ2v) is 6.95. The van der Waals surface area contributed by atoms with Crippen molar-refractivity contribution >= 4 is 38.9 Å². The maximum atomic E-state index is 12.4. The first-order valence-corrected chi connectivity index (χ1v) is 8.30.